The van der Waals surface area contributed by atoms with Gasteiger partial charge in [-0.1, -0.05) is 206 Å². The van der Waals surface area contributed by atoms with Crippen molar-refractivity contribution >= 4 is 38.1 Å². The Kier molecular flexibility index (Phi) is 20.0. The molecular formula is C74H77BrF6N2O4S2. The number of fused-ring (bicyclic) bond motifs is 3. The number of quaternary nitrogens is 2. The molecule has 6 bridgehead atoms. The van der Waals surface area contributed by atoms with E-state index in [1.54, 1.807) is 0 Å². The third kappa shape index (κ3) is 15.3. The van der Waals surface area contributed by atoms with Gasteiger partial charge in [0.05, 0.1) is 42.3 Å². The van der Waals surface area contributed by atoms with Gasteiger partial charge in [-0.15, -0.1) is 0 Å². The number of alkyl halides is 7. The van der Waals surface area contributed by atoms with E-state index in [1.807, 2.05) is 84.9 Å². The average molecular weight is 1320 g/mol. The van der Waals surface area contributed by atoms with Gasteiger partial charge in [0.15, 0.2) is 0 Å². The lowest BCUT2D eigenvalue weighted by Crippen LogP contribution is -2.36. The Labute approximate surface area is 534 Å². The number of hydrogen-bond acceptors (Lipinski definition) is 4. The van der Waals surface area contributed by atoms with Gasteiger partial charge in [-0.2, -0.15) is 26.3 Å². The zero-order valence-corrected chi connectivity index (χ0v) is 54.2. The Hall–Kier alpha value is -6.04. The quantitative estimate of drug-likeness (QED) is 0.0528. The molecule has 17 rings (SSSR count). The molecule has 0 N–H and O–H groups in total. The number of halogens is 7. The zero-order chi connectivity index (χ0) is 63.6. The molecule has 0 aromatic heterocycles. The van der Waals surface area contributed by atoms with Gasteiger partial charge in [0.1, 0.15) is 13.1 Å². The van der Waals surface area contributed by atoms with Gasteiger partial charge in [-0.05, 0) is 120 Å². The molecule has 5 atom stereocenters. The van der Waals surface area contributed by atoms with E-state index in [4.69, 9.17) is 0 Å². The smallest absolute Gasteiger partial charge is 0.309 e. The maximum absolute atomic E-state index is 13.8. The fourth-order valence-electron chi connectivity index (χ4n) is 15.2. The highest BCUT2D eigenvalue weighted by atomic mass is 79.9. The van der Waals surface area contributed by atoms with Gasteiger partial charge in [-0.3, -0.25) is 8.42 Å². The van der Waals surface area contributed by atoms with E-state index in [9.17, 15) is 43.9 Å². The molecule has 6 nitrogen and oxygen atoms in total. The van der Waals surface area contributed by atoms with Crippen LogP contribution in [0.25, 0.3) is 0 Å². The van der Waals surface area contributed by atoms with Crippen LogP contribution in [0.2, 0.25) is 0 Å². The van der Waals surface area contributed by atoms with Crippen molar-refractivity contribution in [1.82, 2.24) is 0 Å². The highest BCUT2D eigenvalue weighted by Gasteiger charge is 2.50. The summed E-state index contributed by atoms with van der Waals surface area (Å²) in [5.41, 5.74) is 17.0. The van der Waals surface area contributed by atoms with Gasteiger partial charge in [0.2, 0.25) is 0 Å². The zero-order valence-electron chi connectivity index (χ0n) is 51.0. The van der Waals surface area contributed by atoms with E-state index in [2.05, 4.69) is 180 Å². The summed E-state index contributed by atoms with van der Waals surface area (Å²) < 4.78 is 128. The molecule has 0 heterocycles. The van der Waals surface area contributed by atoms with Crippen LogP contribution in [0.15, 0.2) is 206 Å². The van der Waals surface area contributed by atoms with Crippen molar-refractivity contribution in [3.63, 3.8) is 0 Å². The average Bonchev–Trinajstić information content (AvgIpc) is 0.764. The molecule has 0 amide bonds. The third-order valence-corrected chi connectivity index (χ3v) is 19.9. The van der Waals surface area contributed by atoms with E-state index >= 15 is 0 Å². The van der Waals surface area contributed by atoms with Crippen molar-refractivity contribution < 1.29 is 52.8 Å². The first-order chi connectivity index (χ1) is 42.2. The summed E-state index contributed by atoms with van der Waals surface area (Å²) in [6, 6.07) is 69.6. The van der Waals surface area contributed by atoms with Crippen molar-refractivity contribution in [3.05, 3.63) is 284 Å². The lowest BCUT2D eigenvalue weighted by Gasteiger charge is -2.46. The second-order valence-electron chi connectivity index (χ2n) is 26.7. The Bertz CT molecular complexity index is 3450. The summed E-state index contributed by atoms with van der Waals surface area (Å²) in [5, 5.41) is -7.35. The lowest BCUT2D eigenvalue weighted by atomic mass is 9.58. The molecule has 0 spiro atoms. The first-order valence-corrected chi connectivity index (χ1v) is 33.3. The fraction of sp³-hybridized carbons (Fsp3) is 0.351. The van der Waals surface area contributed by atoms with Crippen molar-refractivity contribution in [2.24, 2.45) is 17.8 Å². The lowest BCUT2D eigenvalue weighted by molar-refractivity contribution is -0.884. The van der Waals surface area contributed by atoms with Crippen molar-refractivity contribution in [2.45, 2.75) is 102 Å². The highest BCUT2D eigenvalue weighted by molar-refractivity contribution is 9.10. The first kappa shape index (κ1) is 65.9. The standard InChI is InChI=1S/C18H15BrF2.2C18H16F2O2S.2C10H16N/c19-18(20,21)10-11-9-16-12-5-1-3-7-14(12)17(11)15-8-4-2-6-13(15)16;2*19-18(20,23(21)22)10-11-9-16-12-5-1-3-7-14(12)17(11)15-8-4-2-6-13(15)16;2*1-11(2,3)9-10-7-5-4-6-8-10/h1-8,11,16-17H,9-10H2;2*1-8,11,16-17H,9-10H2,(H,21,22);2*4-8H,9H2,1-3H3/q;;;2*+1/p-2. The molecule has 89 heavy (non-hydrogen) atoms. The number of rotatable bonds is 12. The molecule has 0 radical (unpaired) electrons. The molecule has 5 unspecified atom stereocenters. The van der Waals surface area contributed by atoms with Crippen LogP contribution < -0.4 is 0 Å². The SMILES string of the molecule is C[N+](C)(C)Cc1ccccc1.C[N+](C)(C)Cc1ccccc1.FC(F)(Br)CC1CC2c3ccccc3C1c1ccccc12.O=S([O-])C(F)(F)CC1CC2c3ccccc3C1c1ccccc12.O=S([O-])C(F)(F)CC1CC2c3ccccc3C1c1ccccc12. The minimum Gasteiger partial charge on any atom is -0.768 e. The van der Waals surface area contributed by atoms with Crippen molar-refractivity contribution in [3.8, 4) is 0 Å². The Balaban J connectivity index is 0.000000127. The monoisotopic (exact) mass is 1310 g/mol. The molecular weight excluding hydrogens is 1240 g/mol. The molecule has 8 aromatic carbocycles. The predicted molar refractivity (Wildman–Crippen MR) is 346 cm³/mol. The fourth-order valence-corrected chi connectivity index (χ4v) is 16.3. The molecule has 0 saturated heterocycles. The Morgan fingerprint density at radius 1 is 0.360 bits per heavy atom. The molecule has 0 saturated carbocycles. The maximum Gasteiger partial charge on any atom is 0.309 e. The van der Waals surface area contributed by atoms with Gasteiger partial charge in [0, 0.05) is 88.1 Å². The molecule has 15 heteroatoms. The van der Waals surface area contributed by atoms with Crippen molar-refractivity contribution in [2.75, 3.05) is 42.3 Å². The number of hydrogen-bond donors (Lipinski definition) is 0. The van der Waals surface area contributed by atoms with Gasteiger partial charge in [-0.25, -0.2) is 0 Å². The van der Waals surface area contributed by atoms with Gasteiger partial charge < -0.3 is 18.1 Å². The van der Waals surface area contributed by atoms with Crippen LogP contribution in [0.4, 0.5) is 26.3 Å². The van der Waals surface area contributed by atoms with E-state index in [0.29, 0.717) is 12.8 Å². The van der Waals surface area contributed by atoms with Crippen LogP contribution in [-0.2, 0) is 35.3 Å². The molecule has 9 aliphatic rings. The summed E-state index contributed by atoms with van der Waals surface area (Å²) in [6.45, 7) is 2.20. The molecule has 468 valence electrons. The molecule has 0 fully saturated rings. The van der Waals surface area contributed by atoms with Crippen LogP contribution in [-0.4, -0.2) is 84.1 Å². The highest BCUT2D eigenvalue weighted by Crippen LogP contribution is 2.60. The van der Waals surface area contributed by atoms with E-state index in [-0.39, 0.29) is 59.7 Å². The topological polar surface area (TPSA) is 80.3 Å². The molecule has 0 aliphatic heterocycles. The number of nitrogens with zero attached hydrogens (tertiary/aromatic N) is 2. The Morgan fingerprint density at radius 3 is 0.764 bits per heavy atom. The van der Waals surface area contributed by atoms with Gasteiger partial charge in [0.25, 0.3) is 0 Å². The minimum absolute atomic E-state index is 0.00539. The predicted octanol–water partition coefficient (Wildman–Crippen LogP) is 17.7. The third-order valence-electron chi connectivity index (χ3n) is 18.2. The van der Waals surface area contributed by atoms with E-state index in [1.165, 1.54) is 55.6 Å². The number of benzene rings is 8. The summed E-state index contributed by atoms with van der Waals surface area (Å²) in [5.74, 6) is -0.511. The van der Waals surface area contributed by atoms with Gasteiger partial charge >= 0.3 is 15.3 Å². The molecule has 8 aromatic rings. The van der Waals surface area contributed by atoms with Crippen LogP contribution in [0.1, 0.15) is 152 Å². The van der Waals surface area contributed by atoms with Crippen LogP contribution >= 0.6 is 15.9 Å². The largest absolute Gasteiger partial charge is 0.768 e. The minimum atomic E-state index is -3.67. The van der Waals surface area contributed by atoms with Crippen LogP contribution in [0.5, 0.6) is 0 Å². The van der Waals surface area contributed by atoms with E-state index < -0.39 is 50.3 Å². The maximum atomic E-state index is 13.8. The first-order valence-electron chi connectivity index (χ1n) is 30.4. The summed E-state index contributed by atoms with van der Waals surface area (Å²) in [4.78, 5) is -2.78. The second kappa shape index (κ2) is 27.0. The second-order valence-corrected chi connectivity index (χ2v) is 30.0. The summed E-state index contributed by atoms with van der Waals surface area (Å²) >= 11 is -4.23. The van der Waals surface area contributed by atoms with E-state index in [0.717, 1.165) is 50.7 Å². The summed E-state index contributed by atoms with van der Waals surface area (Å²) in [7, 11) is 13.2. The Morgan fingerprint density at radius 2 is 0.562 bits per heavy atom. The normalized spacial score (nSPS) is 22.8. The van der Waals surface area contributed by atoms with Crippen LogP contribution in [0, 0.1) is 17.8 Å². The molecule has 9 aliphatic carbocycles. The summed E-state index contributed by atoms with van der Waals surface area (Å²) in [6.07, 6.45) is 0.633. The van der Waals surface area contributed by atoms with Crippen molar-refractivity contribution in [1.29, 1.82) is 0 Å². The van der Waals surface area contributed by atoms with Crippen LogP contribution in [0.3, 0.4) is 0 Å².